The molecule has 0 unspecified atom stereocenters. The Morgan fingerprint density at radius 3 is 2.52 bits per heavy atom. The summed E-state index contributed by atoms with van der Waals surface area (Å²) < 4.78 is 10.7. The van der Waals surface area contributed by atoms with Crippen molar-refractivity contribution in [3.05, 3.63) is 58.1 Å². The van der Waals surface area contributed by atoms with Crippen LogP contribution in [0.25, 0.3) is 0 Å². The molecule has 0 aromatic heterocycles. The Labute approximate surface area is 188 Å². The van der Waals surface area contributed by atoms with Crippen LogP contribution in [0.15, 0.2) is 36.4 Å². The molecular formula is C20H26Cl3N3O3. The number of halogens is 3. The van der Waals surface area contributed by atoms with E-state index in [1.165, 1.54) is 18.7 Å². The molecule has 0 spiro atoms. The number of benzene rings is 2. The molecule has 0 atom stereocenters. The van der Waals surface area contributed by atoms with Gasteiger partial charge in [-0.25, -0.2) is 0 Å². The lowest BCUT2D eigenvalue weighted by Crippen LogP contribution is -2.36. The average molecular weight is 463 g/mol. The molecule has 9 heteroatoms. The first-order valence-electron chi connectivity index (χ1n) is 8.86. The van der Waals surface area contributed by atoms with Gasteiger partial charge in [-0.15, -0.1) is 24.8 Å². The number of hydrogen-bond acceptors (Lipinski definition) is 5. The summed E-state index contributed by atoms with van der Waals surface area (Å²) in [5.41, 5.74) is 8.80. The Balaban J connectivity index is 0.00000210. The fourth-order valence-electron chi connectivity index (χ4n) is 3.07. The maximum Gasteiger partial charge on any atom is 0.255 e. The van der Waals surface area contributed by atoms with E-state index in [9.17, 15) is 4.79 Å². The van der Waals surface area contributed by atoms with Crippen molar-refractivity contribution in [1.29, 1.82) is 0 Å². The molecular weight excluding hydrogens is 437 g/mol. The van der Waals surface area contributed by atoms with E-state index >= 15 is 0 Å². The van der Waals surface area contributed by atoms with E-state index in [1.807, 2.05) is 18.2 Å². The molecule has 1 aliphatic rings. The van der Waals surface area contributed by atoms with Gasteiger partial charge in [-0.2, -0.15) is 0 Å². The van der Waals surface area contributed by atoms with Crippen molar-refractivity contribution in [2.75, 3.05) is 39.1 Å². The predicted octanol–water partition coefficient (Wildman–Crippen LogP) is 3.54. The van der Waals surface area contributed by atoms with Crippen LogP contribution in [0.3, 0.4) is 0 Å². The predicted molar refractivity (Wildman–Crippen MR) is 121 cm³/mol. The van der Waals surface area contributed by atoms with Gasteiger partial charge in [0.15, 0.2) is 0 Å². The number of amides is 1. The molecule has 3 rings (SSSR count). The minimum atomic E-state index is -0.255. The summed E-state index contributed by atoms with van der Waals surface area (Å²) in [6.07, 6.45) is 0. The van der Waals surface area contributed by atoms with Crippen molar-refractivity contribution in [2.45, 2.75) is 13.1 Å². The summed E-state index contributed by atoms with van der Waals surface area (Å²) in [6.45, 7) is 4.62. The van der Waals surface area contributed by atoms with Gasteiger partial charge in [-0.1, -0.05) is 35.9 Å². The Hall–Kier alpha value is -1.70. The van der Waals surface area contributed by atoms with Gasteiger partial charge in [0.1, 0.15) is 5.75 Å². The number of anilines is 1. The molecule has 1 aliphatic heterocycles. The molecule has 29 heavy (non-hydrogen) atoms. The highest BCUT2D eigenvalue weighted by atomic mass is 35.5. The summed E-state index contributed by atoms with van der Waals surface area (Å²) in [5, 5.41) is 3.28. The second-order valence-electron chi connectivity index (χ2n) is 6.41. The lowest BCUT2D eigenvalue weighted by molar-refractivity contribution is 0.0340. The molecule has 0 bridgehead atoms. The zero-order valence-corrected chi connectivity index (χ0v) is 18.5. The number of nitrogens with zero attached hydrogens (tertiary/aromatic N) is 1. The Morgan fingerprint density at radius 1 is 1.21 bits per heavy atom. The number of carbonyl (C=O) groups excluding carboxylic acids is 1. The average Bonchev–Trinajstić information content (AvgIpc) is 2.69. The number of nitrogens with two attached hydrogens (primary N) is 1. The van der Waals surface area contributed by atoms with Crippen LogP contribution in [-0.4, -0.2) is 44.2 Å². The van der Waals surface area contributed by atoms with Gasteiger partial charge in [-0.05, 0) is 17.2 Å². The number of morpholine rings is 1. The van der Waals surface area contributed by atoms with Crippen molar-refractivity contribution in [1.82, 2.24) is 10.2 Å². The summed E-state index contributed by atoms with van der Waals surface area (Å²) >= 11 is 6.06. The van der Waals surface area contributed by atoms with Gasteiger partial charge in [0.25, 0.3) is 5.91 Å². The Kier molecular flexibility index (Phi) is 10.6. The molecule has 2 aromatic rings. The van der Waals surface area contributed by atoms with E-state index in [0.29, 0.717) is 28.6 Å². The number of carbonyl (C=O) groups is 1. The van der Waals surface area contributed by atoms with Crippen LogP contribution >= 0.6 is 36.4 Å². The monoisotopic (exact) mass is 461 g/mol. The molecule has 0 radical (unpaired) electrons. The van der Waals surface area contributed by atoms with Crippen LogP contribution in [0.5, 0.6) is 5.75 Å². The lowest BCUT2D eigenvalue weighted by atomic mass is 10.1. The number of rotatable bonds is 6. The zero-order chi connectivity index (χ0) is 19.2. The smallest absolute Gasteiger partial charge is 0.255 e. The summed E-state index contributed by atoms with van der Waals surface area (Å²) in [5.74, 6) is 0.144. The fourth-order valence-corrected chi connectivity index (χ4v) is 3.23. The van der Waals surface area contributed by atoms with E-state index in [4.69, 9.17) is 26.8 Å². The van der Waals surface area contributed by atoms with E-state index in [-0.39, 0.29) is 30.7 Å². The second-order valence-corrected chi connectivity index (χ2v) is 6.82. The molecule has 0 aliphatic carbocycles. The highest BCUT2D eigenvalue weighted by molar-refractivity contribution is 6.33. The number of methoxy groups -OCH3 is 1. The van der Waals surface area contributed by atoms with Gasteiger partial charge < -0.3 is 20.5 Å². The van der Waals surface area contributed by atoms with Crippen LogP contribution in [0.1, 0.15) is 21.5 Å². The van der Waals surface area contributed by atoms with Crippen molar-refractivity contribution in [3.8, 4) is 5.75 Å². The zero-order valence-electron chi connectivity index (χ0n) is 16.2. The molecule has 6 nitrogen and oxygen atoms in total. The summed E-state index contributed by atoms with van der Waals surface area (Å²) in [6, 6.07) is 11.2. The Bertz CT molecular complexity index is 815. The quantitative estimate of drug-likeness (QED) is 0.642. The van der Waals surface area contributed by atoms with Crippen LogP contribution < -0.4 is 15.8 Å². The molecule has 1 heterocycles. The molecule has 1 saturated heterocycles. The van der Waals surface area contributed by atoms with Crippen LogP contribution in [0.4, 0.5) is 5.69 Å². The van der Waals surface area contributed by atoms with Crippen LogP contribution in [-0.2, 0) is 17.8 Å². The van der Waals surface area contributed by atoms with E-state index in [1.54, 1.807) is 6.07 Å². The second kappa shape index (κ2) is 12.1. The van der Waals surface area contributed by atoms with E-state index in [0.717, 1.165) is 38.4 Å². The van der Waals surface area contributed by atoms with Gasteiger partial charge in [-0.3, -0.25) is 9.69 Å². The van der Waals surface area contributed by atoms with Gasteiger partial charge in [0, 0.05) is 32.2 Å². The number of nitrogen functional groups attached to an aromatic ring is 1. The number of ether oxygens (including phenoxy) is 2. The van der Waals surface area contributed by atoms with Crippen molar-refractivity contribution in [3.63, 3.8) is 0 Å². The van der Waals surface area contributed by atoms with Crippen LogP contribution in [0, 0.1) is 0 Å². The molecule has 160 valence electrons. The van der Waals surface area contributed by atoms with Gasteiger partial charge >= 0.3 is 0 Å². The van der Waals surface area contributed by atoms with Crippen molar-refractivity contribution < 1.29 is 14.3 Å². The van der Waals surface area contributed by atoms with Gasteiger partial charge in [0.2, 0.25) is 0 Å². The number of nitrogens with one attached hydrogen (secondary N) is 1. The highest BCUT2D eigenvalue weighted by Crippen LogP contribution is 2.28. The highest BCUT2D eigenvalue weighted by Gasteiger charge is 2.16. The normalized spacial score (nSPS) is 13.7. The maximum atomic E-state index is 12.6. The standard InChI is InChI=1S/C20H24ClN3O3.2ClH/c1-26-19-11-18(22)17(21)10-16(19)20(25)23-12-14-4-2-3-5-15(14)13-24-6-8-27-9-7-24;;/h2-5,10-11H,6-9,12-13,22H2,1H3,(H,23,25);2*1H. The molecule has 1 fully saturated rings. The van der Waals surface area contributed by atoms with Crippen molar-refractivity contribution in [2.24, 2.45) is 0 Å². The molecule has 0 saturated carbocycles. The third-order valence-corrected chi connectivity index (χ3v) is 4.95. The molecule has 1 amide bonds. The topological polar surface area (TPSA) is 76.8 Å². The first kappa shape index (κ1) is 25.3. The first-order valence-corrected chi connectivity index (χ1v) is 9.24. The molecule has 2 aromatic carbocycles. The van der Waals surface area contributed by atoms with E-state index < -0.39 is 0 Å². The third kappa shape index (κ3) is 6.66. The van der Waals surface area contributed by atoms with E-state index in [2.05, 4.69) is 16.3 Å². The van der Waals surface area contributed by atoms with Gasteiger partial charge in [0.05, 0.1) is 36.6 Å². The maximum absolute atomic E-state index is 12.6. The van der Waals surface area contributed by atoms with Crippen molar-refractivity contribution >= 4 is 48.0 Å². The SMILES string of the molecule is COc1cc(N)c(Cl)cc1C(=O)NCc1ccccc1CN1CCOCC1.Cl.Cl. The fraction of sp³-hybridized carbons (Fsp3) is 0.350. The summed E-state index contributed by atoms with van der Waals surface area (Å²) in [7, 11) is 1.50. The molecule has 3 N–H and O–H groups in total. The first-order chi connectivity index (χ1) is 13.1. The number of hydrogen-bond donors (Lipinski definition) is 2. The Morgan fingerprint density at radius 2 is 1.86 bits per heavy atom. The minimum absolute atomic E-state index is 0. The van der Waals surface area contributed by atoms with Crippen LogP contribution in [0.2, 0.25) is 5.02 Å². The lowest BCUT2D eigenvalue weighted by Gasteiger charge is -2.27. The minimum Gasteiger partial charge on any atom is -0.496 e. The third-order valence-electron chi connectivity index (χ3n) is 4.62. The summed E-state index contributed by atoms with van der Waals surface area (Å²) in [4.78, 5) is 15.0. The largest absolute Gasteiger partial charge is 0.496 e.